The summed E-state index contributed by atoms with van der Waals surface area (Å²) in [7, 11) is -4.10. The van der Waals surface area contributed by atoms with Crippen LogP contribution in [0.1, 0.15) is 11.1 Å². The monoisotopic (exact) mass is 391 g/mol. The molecular weight excluding hydrogens is 375 g/mol. The first-order chi connectivity index (χ1) is 12.8. The van der Waals surface area contributed by atoms with Crippen molar-refractivity contribution < 1.29 is 21.6 Å². The van der Waals surface area contributed by atoms with E-state index in [1.165, 1.54) is 30.3 Å². The molecule has 0 aliphatic carbocycles. The third-order valence-corrected chi connectivity index (χ3v) is 5.89. The molecule has 3 nitrogen and oxygen atoms in total. The van der Waals surface area contributed by atoms with Crippen LogP contribution in [-0.4, -0.2) is 8.42 Å². The van der Waals surface area contributed by atoms with E-state index in [2.05, 4.69) is 0 Å². The first-order valence-corrected chi connectivity index (χ1v) is 9.51. The highest BCUT2D eigenvalue weighted by Crippen LogP contribution is 2.28. The molecule has 0 amide bonds. The van der Waals surface area contributed by atoms with Gasteiger partial charge in [-0.2, -0.15) is 0 Å². The fourth-order valence-electron chi connectivity index (χ4n) is 2.58. The quantitative estimate of drug-likeness (QED) is 0.626. The molecule has 0 fully saturated rings. The molecule has 0 spiro atoms. The zero-order valence-electron chi connectivity index (χ0n) is 14.4. The predicted molar refractivity (Wildman–Crippen MR) is 97.3 cm³/mol. The maximum absolute atomic E-state index is 14.1. The van der Waals surface area contributed by atoms with Gasteiger partial charge in [-0.05, 0) is 42.8 Å². The highest BCUT2D eigenvalue weighted by Gasteiger charge is 2.26. The number of hydrogen-bond acceptors (Lipinski definition) is 2. The molecule has 0 aromatic heterocycles. The molecule has 3 aromatic rings. The molecule has 140 valence electrons. The normalized spacial score (nSPS) is 11.4. The maximum Gasteiger partial charge on any atom is 0.264 e. The van der Waals surface area contributed by atoms with Gasteiger partial charge in [-0.25, -0.2) is 21.6 Å². The van der Waals surface area contributed by atoms with Gasteiger partial charge in [0.1, 0.15) is 17.5 Å². The topological polar surface area (TPSA) is 37.4 Å². The van der Waals surface area contributed by atoms with Crippen LogP contribution < -0.4 is 4.31 Å². The van der Waals surface area contributed by atoms with Crippen molar-refractivity contribution in [1.82, 2.24) is 0 Å². The summed E-state index contributed by atoms with van der Waals surface area (Å²) in [4.78, 5) is -0.0199. The number of halogens is 3. The van der Waals surface area contributed by atoms with Gasteiger partial charge < -0.3 is 0 Å². The fourth-order valence-corrected chi connectivity index (χ4v) is 4.03. The molecule has 0 aliphatic rings. The van der Waals surface area contributed by atoms with Gasteiger partial charge in [-0.3, -0.25) is 4.31 Å². The number of hydrogen-bond donors (Lipinski definition) is 0. The second-order valence-corrected chi connectivity index (χ2v) is 7.86. The van der Waals surface area contributed by atoms with E-state index in [-0.39, 0.29) is 16.1 Å². The number of aryl methyl sites for hydroxylation is 1. The van der Waals surface area contributed by atoms with Gasteiger partial charge in [-0.1, -0.05) is 30.3 Å². The van der Waals surface area contributed by atoms with E-state index in [4.69, 9.17) is 0 Å². The van der Waals surface area contributed by atoms with Gasteiger partial charge in [0.25, 0.3) is 10.0 Å². The first kappa shape index (κ1) is 19.0. The summed E-state index contributed by atoms with van der Waals surface area (Å²) < 4.78 is 68.5. The highest BCUT2D eigenvalue weighted by atomic mass is 32.2. The Hall–Kier alpha value is -2.80. The Morgan fingerprint density at radius 2 is 1.56 bits per heavy atom. The molecule has 0 heterocycles. The molecule has 0 unspecified atom stereocenters. The van der Waals surface area contributed by atoms with E-state index in [9.17, 15) is 21.6 Å². The highest BCUT2D eigenvalue weighted by molar-refractivity contribution is 7.92. The number of rotatable bonds is 5. The Morgan fingerprint density at radius 3 is 2.19 bits per heavy atom. The average molecular weight is 391 g/mol. The molecule has 27 heavy (non-hydrogen) atoms. The summed E-state index contributed by atoms with van der Waals surface area (Å²) in [5.74, 6) is -2.23. The van der Waals surface area contributed by atoms with E-state index < -0.39 is 34.0 Å². The summed E-state index contributed by atoms with van der Waals surface area (Å²) >= 11 is 0. The molecule has 7 heteroatoms. The third kappa shape index (κ3) is 3.98. The van der Waals surface area contributed by atoms with Crippen molar-refractivity contribution in [3.8, 4) is 0 Å². The van der Waals surface area contributed by atoms with Crippen molar-refractivity contribution >= 4 is 15.7 Å². The van der Waals surface area contributed by atoms with Crippen LogP contribution in [0.5, 0.6) is 0 Å². The van der Waals surface area contributed by atoms with Gasteiger partial charge >= 0.3 is 0 Å². The molecule has 0 aliphatic heterocycles. The minimum absolute atomic E-state index is 0.0199. The van der Waals surface area contributed by atoms with Crippen LogP contribution >= 0.6 is 0 Å². The molecular formula is C20H16F3NO2S. The smallest absolute Gasteiger partial charge is 0.262 e. The maximum atomic E-state index is 14.1. The van der Waals surface area contributed by atoms with Gasteiger partial charge in [0.15, 0.2) is 0 Å². The second kappa shape index (κ2) is 7.44. The molecule has 0 atom stereocenters. The SMILES string of the molecule is Cc1ccc(N(Cc2ccc(F)cc2F)S(=O)(=O)c2ccccc2)cc1F. The van der Waals surface area contributed by atoms with Crippen molar-refractivity contribution in [1.29, 1.82) is 0 Å². The lowest BCUT2D eigenvalue weighted by Gasteiger charge is -2.25. The fraction of sp³-hybridized carbons (Fsp3) is 0.100. The third-order valence-electron chi connectivity index (χ3n) is 4.10. The zero-order valence-corrected chi connectivity index (χ0v) is 15.2. The predicted octanol–water partition coefficient (Wildman–Crippen LogP) is 4.81. The Bertz CT molecular complexity index is 1070. The molecule has 0 radical (unpaired) electrons. The standard InChI is InChI=1S/C20H16F3NO2S/c1-14-7-10-17(12-19(14)22)24(13-15-8-9-16(21)11-20(15)23)27(25,26)18-5-3-2-4-6-18/h2-12H,13H2,1H3. The van der Waals surface area contributed by atoms with Crippen LogP contribution in [0.3, 0.4) is 0 Å². The lowest BCUT2D eigenvalue weighted by molar-refractivity contribution is 0.568. The first-order valence-electron chi connectivity index (χ1n) is 8.07. The zero-order chi connectivity index (χ0) is 19.6. The van der Waals surface area contributed by atoms with Crippen LogP contribution in [0.15, 0.2) is 71.6 Å². The summed E-state index contributed by atoms with van der Waals surface area (Å²) in [6.45, 7) is 1.14. The number of benzene rings is 3. The van der Waals surface area contributed by atoms with Crippen LogP contribution in [0.4, 0.5) is 18.9 Å². The van der Waals surface area contributed by atoms with Crippen LogP contribution in [-0.2, 0) is 16.6 Å². The summed E-state index contributed by atoms with van der Waals surface area (Å²) in [5.41, 5.74) is 0.367. The minimum Gasteiger partial charge on any atom is -0.262 e. The number of nitrogens with zero attached hydrogens (tertiary/aromatic N) is 1. The number of sulfonamides is 1. The van der Waals surface area contributed by atoms with E-state index in [1.807, 2.05) is 0 Å². The van der Waals surface area contributed by atoms with Gasteiger partial charge in [0.2, 0.25) is 0 Å². The molecule has 0 N–H and O–H groups in total. The summed E-state index contributed by atoms with van der Waals surface area (Å²) in [6.07, 6.45) is 0. The summed E-state index contributed by atoms with van der Waals surface area (Å²) in [6, 6.07) is 14.4. The van der Waals surface area contributed by atoms with Crippen molar-refractivity contribution in [3.05, 3.63) is 95.3 Å². The minimum atomic E-state index is -4.10. The largest absolute Gasteiger partial charge is 0.264 e. The van der Waals surface area contributed by atoms with Crippen molar-refractivity contribution in [2.75, 3.05) is 4.31 Å². The lowest BCUT2D eigenvalue weighted by Crippen LogP contribution is -2.31. The molecule has 0 saturated heterocycles. The van der Waals surface area contributed by atoms with Gasteiger partial charge in [-0.15, -0.1) is 0 Å². The van der Waals surface area contributed by atoms with E-state index in [0.717, 1.165) is 16.4 Å². The number of anilines is 1. The molecule has 0 saturated carbocycles. The van der Waals surface area contributed by atoms with Crippen molar-refractivity contribution in [2.24, 2.45) is 0 Å². The lowest BCUT2D eigenvalue weighted by atomic mass is 10.2. The summed E-state index contributed by atoms with van der Waals surface area (Å²) in [5, 5.41) is 0. The van der Waals surface area contributed by atoms with E-state index in [0.29, 0.717) is 11.6 Å². The Balaban J connectivity index is 2.12. The van der Waals surface area contributed by atoms with Crippen molar-refractivity contribution in [2.45, 2.75) is 18.4 Å². The Kier molecular flexibility index (Phi) is 5.23. The van der Waals surface area contributed by atoms with Crippen LogP contribution in [0, 0.1) is 24.4 Å². The second-order valence-electron chi connectivity index (χ2n) is 5.99. The Morgan fingerprint density at radius 1 is 0.852 bits per heavy atom. The average Bonchev–Trinajstić information content (AvgIpc) is 2.64. The molecule has 3 rings (SSSR count). The van der Waals surface area contributed by atoms with Crippen molar-refractivity contribution in [3.63, 3.8) is 0 Å². The van der Waals surface area contributed by atoms with Gasteiger partial charge in [0.05, 0.1) is 17.1 Å². The van der Waals surface area contributed by atoms with Gasteiger partial charge in [0, 0.05) is 11.6 Å². The molecule has 3 aromatic carbocycles. The van der Waals surface area contributed by atoms with Crippen LogP contribution in [0.2, 0.25) is 0 Å². The Labute approximate surface area is 155 Å². The van der Waals surface area contributed by atoms with E-state index in [1.54, 1.807) is 25.1 Å². The van der Waals surface area contributed by atoms with Crippen LogP contribution in [0.25, 0.3) is 0 Å². The molecule has 0 bridgehead atoms. The van der Waals surface area contributed by atoms with E-state index >= 15 is 0 Å².